The average molecular weight is 506 g/mol. The molecule has 0 aliphatic heterocycles. The van der Waals surface area contributed by atoms with Gasteiger partial charge in [0.25, 0.3) is 0 Å². The number of hydrogen-bond donors (Lipinski definition) is 1. The molecule has 0 fully saturated rings. The summed E-state index contributed by atoms with van der Waals surface area (Å²) in [6, 6.07) is 12.9. The van der Waals surface area contributed by atoms with Gasteiger partial charge in [-0.05, 0) is 62.2 Å². The van der Waals surface area contributed by atoms with E-state index in [1.807, 2.05) is 26.0 Å². The molecule has 2 aromatic rings. The third kappa shape index (κ3) is 7.88. The number of anilines is 1. The van der Waals surface area contributed by atoms with Crippen LogP contribution in [0.5, 0.6) is 11.5 Å². The van der Waals surface area contributed by atoms with E-state index in [2.05, 4.69) is 5.32 Å². The zero-order valence-corrected chi connectivity index (χ0v) is 21.8. The molecule has 0 aliphatic rings. The number of ether oxygens (including phenoxy) is 2. The Hall–Kier alpha value is -3.27. The van der Waals surface area contributed by atoms with Crippen LogP contribution in [-0.4, -0.2) is 64.2 Å². The molecule has 35 heavy (non-hydrogen) atoms. The van der Waals surface area contributed by atoms with Crippen LogP contribution in [0.1, 0.15) is 32.8 Å². The molecule has 0 radical (unpaired) electrons. The minimum atomic E-state index is -3.79. The van der Waals surface area contributed by atoms with E-state index in [0.717, 1.165) is 16.1 Å². The minimum Gasteiger partial charge on any atom is -0.497 e. The lowest BCUT2D eigenvalue weighted by Crippen LogP contribution is -2.52. The van der Waals surface area contributed by atoms with E-state index in [9.17, 15) is 18.0 Å². The SMILES string of the molecule is CCNC(=O)[C@@H](CC)N(Cc1ccc(OC)cc1)C(=O)CN(c1ccc(OCC)cc1)S(C)(=O)=O. The molecule has 0 heterocycles. The lowest BCUT2D eigenvalue weighted by atomic mass is 10.1. The number of nitrogens with one attached hydrogen (secondary N) is 1. The molecule has 0 spiro atoms. The van der Waals surface area contributed by atoms with Gasteiger partial charge in [-0.3, -0.25) is 13.9 Å². The van der Waals surface area contributed by atoms with Crippen LogP contribution in [0, 0.1) is 0 Å². The summed E-state index contributed by atoms with van der Waals surface area (Å²) in [7, 11) is -2.23. The Balaban J connectivity index is 2.39. The van der Waals surface area contributed by atoms with Crippen molar-refractivity contribution in [2.45, 2.75) is 39.8 Å². The van der Waals surface area contributed by atoms with Gasteiger partial charge in [0, 0.05) is 13.1 Å². The number of methoxy groups -OCH3 is 1. The summed E-state index contributed by atoms with van der Waals surface area (Å²) in [6.45, 7) is 6.06. The van der Waals surface area contributed by atoms with E-state index < -0.39 is 28.5 Å². The molecule has 9 nitrogen and oxygen atoms in total. The normalized spacial score (nSPS) is 11.9. The van der Waals surface area contributed by atoms with Gasteiger partial charge in [-0.2, -0.15) is 0 Å². The number of hydrogen-bond acceptors (Lipinski definition) is 6. The van der Waals surface area contributed by atoms with E-state index >= 15 is 0 Å². The number of carbonyl (C=O) groups is 2. The Morgan fingerprint density at radius 2 is 1.57 bits per heavy atom. The summed E-state index contributed by atoms with van der Waals surface area (Å²) >= 11 is 0. The van der Waals surface area contributed by atoms with Crippen molar-refractivity contribution in [2.24, 2.45) is 0 Å². The highest BCUT2D eigenvalue weighted by molar-refractivity contribution is 7.92. The molecule has 2 rings (SSSR count). The molecule has 10 heteroatoms. The Bertz CT molecular complexity index is 1070. The number of amides is 2. The van der Waals surface area contributed by atoms with Crippen molar-refractivity contribution >= 4 is 27.5 Å². The van der Waals surface area contributed by atoms with Crippen molar-refractivity contribution in [3.8, 4) is 11.5 Å². The van der Waals surface area contributed by atoms with Gasteiger partial charge in [-0.25, -0.2) is 8.42 Å². The lowest BCUT2D eigenvalue weighted by Gasteiger charge is -2.32. The van der Waals surface area contributed by atoms with Crippen LogP contribution in [-0.2, 0) is 26.2 Å². The van der Waals surface area contributed by atoms with Crippen LogP contribution in [0.2, 0.25) is 0 Å². The molecule has 2 aromatic carbocycles. The molecule has 2 amide bonds. The summed E-state index contributed by atoms with van der Waals surface area (Å²) in [5.41, 5.74) is 1.12. The maximum atomic E-state index is 13.6. The first kappa shape index (κ1) is 28.0. The van der Waals surface area contributed by atoms with Crippen molar-refractivity contribution in [1.29, 1.82) is 0 Å². The Labute approximate surface area is 208 Å². The van der Waals surface area contributed by atoms with Gasteiger partial charge < -0.3 is 19.7 Å². The molecule has 192 valence electrons. The second-order valence-corrected chi connectivity index (χ2v) is 9.79. The number of sulfonamides is 1. The Kier molecular flexibility index (Phi) is 10.4. The topological polar surface area (TPSA) is 105 Å². The van der Waals surface area contributed by atoms with Crippen molar-refractivity contribution < 1.29 is 27.5 Å². The third-order valence-electron chi connectivity index (χ3n) is 5.36. The van der Waals surface area contributed by atoms with Gasteiger partial charge in [-0.15, -0.1) is 0 Å². The second-order valence-electron chi connectivity index (χ2n) is 7.88. The van der Waals surface area contributed by atoms with Crippen LogP contribution >= 0.6 is 0 Å². The first-order valence-corrected chi connectivity index (χ1v) is 13.4. The molecule has 0 saturated carbocycles. The van der Waals surface area contributed by atoms with E-state index in [-0.39, 0.29) is 12.5 Å². The fourth-order valence-electron chi connectivity index (χ4n) is 3.63. The molecule has 0 saturated heterocycles. The molecule has 1 atom stereocenters. The van der Waals surface area contributed by atoms with Gasteiger partial charge >= 0.3 is 0 Å². The van der Waals surface area contributed by atoms with Crippen molar-refractivity contribution in [3.05, 3.63) is 54.1 Å². The first-order chi connectivity index (χ1) is 16.6. The van der Waals surface area contributed by atoms with Gasteiger partial charge in [0.1, 0.15) is 24.1 Å². The Morgan fingerprint density at radius 1 is 0.971 bits per heavy atom. The molecule has 1 N–H and O–H groups in total. The van der Waals surface area contributed by atoms with Crippen molar-refractivity contribution in [3.63, 3.8) is 0 Å². The van der Waals surface area contributed by atoms with Crippen LogP contribution in [0.15, 0.2) is 48.5 Å². The maximum absolute atomic E-state index is 13.6. The molecular formula is C25H35N3O6S. The van der Waals surface area contributed by atoms with Crippen molar-refractivity contribution in [1.82, 2.24) is 10.2 Å². The third-order valence-corrected chi connectivity index (χ3v) is 6.50. The minimum absolute atomic E-state index is 0.138. The highest BCUT2D eigenvalue weighted by atomic mass is 32.2. The van der Waals surface area contributed by atoms with E-state index in [1.54, 1.807) is 50.4 Å². The fourth-order valence-corrected chi connectivity index (χ4v) is 4.48. The number of rotatable bonds is 13. The van der Waals surface area contributed by atoms with Crippen LogP contribution in [0.25, 0.3) is 0 Å². The van der Waals surface area contributed by atoms with Crippen LogP contribution in [0.3, 0.4) is 0 Å². The van der Waals surface area contributed by atoms with Crippen LogP contribution in [0.4, 0.5) is 5.69 Å². The first-order valence-electron chi connectivity index (χ1n) is 11.5. The maximum Gasteiger partial charge on any atom is 0.244 e. The molecule has 0 unspecified atom stereocenters. The monoisotopic (exact) mass is 505 g/mol. The number of benzene rings is 2. The molecule has 0 bridgehead atoms. The molecule has 0 aromatic heterocycles. The summed E-state index contributed by atoms with van der Waals surface area (Å²) in [5.74, 6) is 0.489. The van der Waals surface area contributed by atoms with E-state index in [0.29, 0.717) is 36.8 Å². The van der Waals surface area contributed by atoms with Crippen LogP contribution < -0.4 is 19.1 Å². The quantitative estimate of drug-likeness (QED) is 0.449. The summed E-state index contributed by atoms with van der Waals surface area (Å²) in [5, 5.41) is 2.77. The number of nitrogens with zero attached hydrogens (tertiary/aromatic N) is 2. The molecule has 0 aliphatic carbocycles. The van der Waals surface area contributed by atoms with Gasteiger partial charge in [0.2, 0.25) is 21.8 Å². The van der Waals surface area contributed by atoms with Gasteiger partial charge in [-0.1, -0.05) is 19.1 Å². The van der Waals surface area contributed by atoms with Crippen molar-refractivity contribution in [2.75, 3.05) is 37.4 Å². The summed E-state index contributed by atoms with van der Waals surface area (Å²) in [6.07, 6.45) is 1.42. The number of carbonyl (C=O) groups excluding carboxylic acids is 2. The predicted octanol–water partition coefficient (Wildman–Crippen LogP) is 2.80. The highest BCUT2D eigenvalue weighted by Crippen LogP contribution is 2.23. The smallest absolute Gasteiger partial charge is 0.244 e. The summed E-state index contributed by atoms with van der Waals surface area (Å²) < 4.78 is 36.9. The zero-order valence-electron chi connectivity index (χ0n) is 21.0. The average Bonchev–Trinajstić information content (AvgIpc) is 2.83. The fraction of sp³-hybridized carbons (Fsp3) is 0.440. The van der Waals surface area contributed by atoms with Gasteiger partial charge in [0.05, 0.1) is 25.7 Å². The second kappa shape index (κ2) is 13.0. The highest BCUT2D eigenvalue weighted by Gasteiger charge is 2.31. The summed E-state index contributed by atoms with van der Waals surface area (Å²) in [4.78, 5) is 27.8. The van der Waals surface area contributed by atoms with E-state index in [4.69, 9.17) is 9.47 Å². The largest absolute Gasteiger partial charge is 0.497 e. The standard InChI is InChI=1S/C25H35N3O6S/c1-6-23(25(30)26-7-2)27(17-19-9-13-21(33-4)14-10-19)24(29)18-28(35(5,31)32)20-11-15-22(16-12-20)34-8-3/h9-16,23H,6-8,17-18H2,1-5H3,(H,26,30)/t23-/m1/s1. The Morgan fingerprint density at radius 3 is 2.06 bits per heavy atom. The predicted molar refractivity (Wildman–Crippen MR) is 136 cm³/mol. The van der Waals surface area contributed by atoms with E-state index in [1.165, 1.54) is 4.90 Å². The zero-order chi connectivity index (χ0) is 26.0. The van der Waals surface area contributed by atoms with Gasteiger partial charge in [0.15, 0.2) is 0 Å². The molecular weight excluding hydrogens is 470 g/mol. The lowest BCUT2D eigenvalue weighted by molar-refractivity contribution is -0.140. The number of likely N-dealkylation sites (N-methyl/N-ethyl adjacent to an activating group) is 1.